The number of rotatable bonds is 6. The fourth-order valence-corrected chi connectivity index (χ4v) is 3.47. The average Bonchev–Trinajstić information content (AvgIpc) is 2.58. The van der Waals surface area contributed by atoms with Crippen LogP contribution in [0, 0.1) is 0 Å². The van der Waals surface area contributed by atoms with Gasteiger partial charge >= 0.3 is 6.03 Å². The van der Waals surface area contributed by atoms with Crippen LogP contribution in [0.2, 0.25) is 10.0 Å². The minimum atomic E-state index is -0.493. The zero-order chi connectivity index (χ0) is 19.8. The highest BCUT2D eigenvalue weighted by molar-refractivity contribution is 6.39. The molecule has 0 aromatic heterocycles. The van der Waals surface area contributed by atoms with Gasteiger partial charge in [0.2, 0.25) is 11.8 Å². The standard InChI is InChI=1S/C18H24Cl2N4O3/c1-24(10-15(25)22-17-13(19)8-5-9-14(17)20)11-16(26)23-18(27)21-12-6-3-2-4-7-12/h5,8-9,12H,2-4,6-7,10-11H2,1H3,(H,22,25)(H2,21,23,26,27). The third-order valence-electron chi connectivity index (χ3n) is 4.25. The molecule has 0 bridgehead atoms. The van der Waals surface area contributed by atoms with Crippen molar-refractivity contribution >= 4 is 46.7 Å². The Morgan fingerprint density at radius 1 is 1.04 bits per heavy atom. The molecule has 148 valence electrons. The molecule has 0 spiro atoms. The van der Waals surface area contributed by atoms with Crippen molar-refractivity contribution in [2.24, 2.45) is 0 Å². The van der Waals surface area contributed by atoms with E-state index in [1.54, 1.807) is 25.2 Å². The van der Waals surface area contributed by atoms with E-state index in [-0.39, 0.29) is 25.0 Å². The molecule has 2 rings (SSSR count). The van der Waals surface area contributed by atoms with Gasteiger partial charge in [-0.05, 0) is 32.0 Å². The first-order valence-corrected chi connectivity index (χ1v) is 9.63. The van der Waals surface area contributed by atoms with E-state index in [1.807, 2.05) is 0 Å². The summed E-state index contributed by atoms with van der Waals surface area (Å²) in [5.74, 6) is -0.846. The molecular formula is C18H24Cl2N4O3. The molecule has 1 aliphatic rings. The Morgan fingerprint density at radius 3 is 2.26 bits per heavy atom. The first-order valence-electron chi connectivity index (χ1n) is 8.88. The third-order valence-corrected chi connectivity index (χ3v) is 4.88. The monoisotopic (exact) mass is 414 g/mol. The van der Waals surface area contributed by atoms with E-state index in [0.717, 1.165) is 25.7 Å². The SMILES string of the molecule is CN(CC(=O)NC(=O)NC1CCCCC1)CC(=O)Nc1c(Cl)cccc1Cl. The lowest BCUT2D eigenvalue weighted by atomic mass is 9.96. The van der Waals surface area contributed by atoms with Crippen molar-refractivity contribution in [2.45, 2.75) is 38.1 Å². The van der Waals surface area contributed by atoms with Crippen molar-refractivity contribution < 1.29 is 14.4 Å². The number of anilines is 1. The molecule has 0 atom stereocenters. The van der Waals surface area contributed by atoms with Gasteiger partial charge < -0.3 is 10.6 Å². The second-order valence-electron chi connectivity index (χ2n) is 6.67. The molecule has 9 heteroatoms. The fourth-order valence-electron chi connectivity index (χ4n) is 2.98. The van der Waals surface area contributed by atoms with Crippen LogP contribution in [0.25, 0.3) is 0 Å². The Balaban J connectivity index is 1.73. The number of hydrogen-bond acceptors (Lipinski definition) is 4. The number of nitrogens with one attached hydrogen (secondary N) is 3. The molecule has 0 aliphatic heterocycles. The number of carbonyl (C=O) groups excluding carboxylic acids is 3. The summed E-state index contributed by atoms with van der Waals surface area (Å²) in [7, 11) is 1.60. The zero-order valence-corrected chi connectivity index (χ0v) is 16.7. The van der Waals surface area contributed by atoms with Gasteiger partial charge in [0.05, 0.1) is 28.8 Å². The topological polar surface area (TPSA) is 90.5 Å². The van der Waals surface area contributed by atoms with Gasteiger partial charge in [-0.3, -0.25) is 19.8 Å². The highest BCUT2D eigenvalue weighted by Crippen LogP contribution is 2.29. The largest absolute Gasteiger partial charge is 0.335 e. The first-order chi connectivity index (χ1) is 12.8. The van der Waals surface area contributed by atoms with Crippen LogP contribution < -0.4 is 16.0 Å². The molecule has 0 unspecified atom stereocenters. The summed E-state index contributed by atoms with van der Waals surface area (Å²) in [5, 5.41) is 8.39. The van der Waals surface area contributed by atoms with E-state index in [0.29, 0.717) is 15.7 Å². The zero-order valence-electron chi connectivity index (χ0n) is 15.2. The van der Waals surface area contributed by atoms with Crippen LogP contribution in [0.3, 0.4) is 0 Å². The summed E-state index contributed by atoms with van der Waals surface area (Å²) >= 11 is 12.0. The number of urea groups is 1. The molecule has 4 amide bonds. The number of amides is 4. The van der Waals surface area contributed by atoms with Gasteiger partial charge in [0.1, 0.15) is 0 Å². The molecule has 1 fully saturated rings. The summed E-state index contributed by atoms with van der Waals surface area (Å²) < 4.78 is 0. The molecule has 0 radical (unpaired) electrons. The highest BCUT2D eigenvalue weighted by atomic mass is 35.5. The van der Waals surface area contributed by atoms with Crippen molar-refractivity contribution in [3.63, 3.8) is 0 Å². The lowest BCUT2D eigenvalue weighted by Gasteiger charge is -2.23. The molecular weight excluding hydrogens is 391 g/mol. The maximum atomic E-state index is 12.1. The van der Waals surface area contributed by atoms with Crippen LogP contribution in [0.4, 0.5) is 10.5 Å². The maximum absolute atomic E-state index is 12.1. The number of likely N-dealkylation sites (N-methyl/N-ethyl adjacent to an activating group) is 1. The van der Waals surface area contributed by atoms with Crippen molar-refractivity contribution in [2.75, 3.05) is 25.5 Å². The molecule has 7 nitrogen and oxygen atoms in total. The van der Waals surface area contributed by atoms with Crippen molar-refractivity contribution in [1.82, 2.24) is 15.5 Å². The van der Waals surface area contributed by atoms with Crippen LogP contribution in [-0.2, 0) is 9.59 Å². The minimum absolute atomic E-state index is 0.0563. The van der Waals surface area contributed by atoms with E-state index in [9.17, 15) is 14.4 Å². The fraction of sp³-hybridized carbons (Fsp3) is 0.500. The summed E-state index contributed by atoms with van der Waals surface area (Å²) in [4.78, 5) is 37.4. The van der Waals surface area contributed by atoms with Crippen molar-refractivity contribution in [1.29, 1.82) is 0 Å². The number of benzene rings is 1. The van der Waals surface area contributed by atoms with E-state index < -0.39 is 11.9 Å². The molecule has 1 saturated carbocycles. The van der Waals surface area contributed by atoms with Gasteiger partial charge in [-0.25, -0.2) is 4.79 Å². The molecule has 0 saturated heterocycles. The second-order valence-corrected chi connectivity index (χ2v) is 7.49. The van der Waals surface area contributed by atoms with Gasteiger partial charge in [-0.15, -0.1) is 0 Å². The summed E-state index contributed by atoms with van der Waals surface area (Å²) in [6.07, 6.45) is 5.24. The van der Waals surface area contributed by atoms with Crippen LogP contribution in [0.15, 0.2) is 18.2 Å². The number of imide groups is 1. The van der Waals surface area contributed by atoms with Crippen molar-refractivity contribution in [3.05, 3.63) is 28.2 Å². The Labute approximate surface area is 168 Å². The summed E-state index contributed by atoms with van der Waals surface area (Å²) in [5.41, 5.74) is 0.329. The van der Waals surface area contributed by atoms with Crippen LogP contribution in [-0.4, -0.2) is 48.9 Å². The maximum Gasteiger partial charge on any atom is 0.321 e. The quantitative estimate of drug-likeness (QED) is 0.666. The Kier molecular flexibility index (Phi) is 8.34. The normalized spacial score (nSPS) is 14.7. The van der Waals surface area contributed by atoms with Crippen LogP contribution in [0.5, 0.6) is 0 Å². The molecule has 1 aromatic rings. The number of hydrogen-bond donors (Lipinski definition) is 3. The highest BCUT2D eigenvalue weighted by Gasteiger charge is 2.18. The molecule has 3 N–H and O–H groups in total. The molecule has 1 aliphatic carbocycles. The smallest absolute Gasteiger partial charge is 0.321 e. The predicted molar refractivity (Wildman–Crippen MR) is 106 cm³/mol. The Hall–Kier alpha value is -1.83. The average molecular weight is 415 g/mol. The van der Waals surface area contributed by atoms with E-state index >= 15 is 0 Å². The first kappa shape index (κ1) is 21.5. The van der Waals surface area contributed by atoms with E-state index in [2.05, 4.69) is 16.0 Å². The van der Waals surface area contributed by atoms with Gasteiger partial charge in [0.15, 0.2) is 0 Å². The van der Waals surface area contributed by atoms with Gasteiger partial charge in [-0.2, -0.15) is 0 Å². The van der Waals surface area contributed by atoms with Crippen LogP contribution >= 0.6 is 23.2 Å². The minimum Gasteiger partial charge on any atom is -0.335 e. The number of halogens is 2. The molecule has 1 aromatic carbocycles. The number of nitrogens with zero attached hydrogens (tertiary/aromatic N) is 1. The predicted octanol–water partition coefficient (Wildman–Crippen LogP) is 3.02. The molecule has 0 heterocycles. The lowest BCUT2D eigenvalue weighted by Crippen LogP contribution is -2.48. The van der Waals surface area contributed by atoms with Gasteiger partial charge in [0, 0.05) is 6.04 Å². The second kappa shape index (κ2) is 10.5. The van der Waals surface area contributed by atoms with Gasteiger partial charge in [-0.1, -0.05) is 48.5 Å². The third kappa shape index (κ3) is 7.36. The lowest BCUT2D eigenvalue weighted by molar-refractivity contribution is -0.122. The summed E-state index contributed by atoms with van der Waals surface area (Å²) in [6.45, 7) is -0.152. The van der Waals surface area contributed by atoms with Gasteiger partial charge in [0.25, 0.3) is 0 Å². The number of para-hydroxylation sites is 1. The van der Waals surface area contributed by atoms with Crippen LogP contribution in [0.1, 0.15) is 32.1 Å². The molecule has 27 heavy (non-hydrogen) atoms. The van der Waals surface area contributed by atoms with Crippen molar-refractivity contribution in [3.8, 4) is 0 Å². The van der Waals surface area contributed by atoms with E-state index in [1.165, 1.54) is 11.3 Å². The van der Waals surface area contributed by atoms with E-state index in [4.69, 9.17) is 23.2 Å². The summed E-state index contributed by atoms with van der Waals surface area (Å²) in [6, 6.07) is 4.54. The Morgan fingerprint density at radius 2 is 1.63 bits per heavy atom. The Bertz CT molecular complexity index is 673. The number of carbonyl (C=O) groups is 3.